The van der Waals surface area contributed by atoms with E-state index in [1.165, 1.54) is 0 Å². The van der Waals surface area contributed by atoms with Gasteiger partial charge in [-0.25, -0.2) is 0 Å². The number of hydrogen-bond acceptors (Lipinski definition) is 3. The molecule has 1 aromatic carbocycles. The lowest BCUT2D eigenvalue weighted by atomic mass is 10.2. The van der Waals surface area contributed by atoms with Gasteiger partial charge in [-0.2, -0.15) is 11.8 Å². The lowest BCUT2D eigenvalue weighted by molar-refractivity contribution is -0.143. The number of esters is 1. The predicted molar refractivity (Wildman–Crippen MR) is 80.6 cm³/mol. The lowest BCUT2D eigenvalue weighted by Crippen LogP contribution is -2.15. The minimum Gasteiger partial charge on any atom is -0.463 e. The summed E-state index contributed by atoms with van der Waals surface area (Å²) in [6.07, 6.45) is 0. The van der Waals surface area contributed by atoms with Gasteiger partial charge in [0.25, 0.3) is 0 Å². The van der Waals surface area contributed by atoms with Crippen LogP contribution in [0.1, 0.15) is 12.6 Å². The number of thioether (sulfide) groups is 1. The van der Waals surface area contributed by atoms with Gasteiger partial charge in [-0.1, -0.05) is 25.1 Å². The standard InChI is InChI=1S/C15H19NO2S/c1-3-19-9-8-18-15(17)11-16-12(2)10-13-6-4-5-7-14(13)16/h4-7,10H,3,8-9,11H2,1-2H3. The van der Waals surface area contributed by atoms with Crippen LogP contribution < -0.4 is 0 Å². The first-order valence-electron chi connectivity index (χ1n) is 6.50. The fourth-order valence-electron chi connectivity index (χ4n) is 2.09. The van der Waals surface area contributed by atoms with Gasteiger partial charge in [0, 0.05) is 17.0 Å². The number of aryl methyl sites for hydroxylation is 1. The third-order valence-corrected chi connectivity index (χ3v) is 3.86. The number of rotatable bonds is 6. The minimum absolute atomic E-state index is 0.166. The van der Waals surface area contributed by atoms with E-state index in [9.17, 15) is 4.79 Å². The summed E-state index contributed by atoms with van der Waals surface area (Å²) in [5, 5.41) is 1.16. The first-order valence-corrected chi connectivity index (χ1v) is 7.66. The summed E-state index contributed by atoms with van der Waals surface area (Å²) < 4.78 is 7.25. The fraction of sp³-hybridized carbons (Fsp3) is 0.400. The van der Waals surface area contributed by atoms with Crippen molar-refractivity contribution in [1.29, 1.82) is 0 Å². The molecule has 0 bridgehead atoms. The Morgan fingerprint density at radius 3 is 2.95 bits per heavy atom. The molecular formula is C15H19NO2S. The molecule has 0 aliphatic heterocycles. The van der Waals surface area contributed by atoms with Crippen molar-refractivity contribution < 1.29 is 9.53 Å². The molecule has 4 heteroatoms. The SMILES string of the molecule is CCSCCOC(=O)Cn1c(C)cc2ccccc21. The van der Waals surface area contributed by atoms with E-state index in [1.54, 1.807) is 11.8 Å². The number of benzene rings is 1. The highest BCUT2D eigenvalue weighted by atomic mass is 32.2. The second kappa shape index (κ2) is 6.66. The summed E-state index contributed by atoms with van der Waals surface area (Å²) in [6, 6.07) is 10.2. The molecule has 1 heterocycles. The lowest BCUT2D eigenvalue weighted by Gasteiger charge is -2.08. The van der Waals surface area contributed by atoms with E-state index in [-0.39, 0.29) is 12.5 Å². The molecule has 3 nitrogen and oxygen atoms in total. The van der Waals surface area contributed by atoms with Crippen LogP contribution in [-0.4, -0.2) is 28.6 Å². The van der Waals surface area contributed by atoms with Crippen molar-refractivity contribution in [2.45, 2.75) is 20.4 Å². The minimum atomic E-state index is -0.166. The van der Waals surface area contributed by atoms with E-state index in [0.29, 0.717) is 6.61 Å². The Labute approximate surface area is 117 Å². The number of fused-ring (bicyclic) bond motifs is 1. The van der Waals surface area contributed by atoms with Gasteiger partial charge in [0.1, 0.15) is 13.2 Å². The maximum Gasteiger partial charge on any atom is 0.325 e. The number of para-hydroxylation sites is 1. The van der Waals surface area contributed by atoms with Crippen LogP contribution in [0.15, 0.2) is 30.3 Å². The Hall–Kier alpha value is -1.42. The Morgan fingerprint density at radius 1 is 1.37 bits per heavy atom. The van der Waals surface area contributed by atoms with Crippen LogP contribution in [0.4, 0.5) is 0 Å². The average molecular weight is 277 g/mol. The van der Waals surface area contributed by atoms with Crippen molar-refractivity contribution in [2.24, 2.45) is 0 Å². The van der Waals surface area contributed by atoms with Crippen LogP contribution in [0.2, 0.25) is 0 Å². The second-order valence-corrected chi connectivity index (χ2v) is 5.74. The van der Waals surface area contributed by atoms with E-state index in [4.69, 9.17) is 4.74 Å². The fourth-order valence-corrected chi connectivity index (χ4v) is 2.58. The van der Waals surface area contributed by atoms with Crippen LogP contribution in [0.3, 0.4) is 0 Å². The van der Waals surface area contributed by atoms with E-state index >= 15 is 0 Å². The van der Waals surface area contributed by atoms with Gasteiger partial charge >= 0.3 is 5.97 Å². The average Bonchev–Trinajstić information content (AvgIpc) is 2.72. The third kappa shape index (κ3) is 3.53. The first kappa shape index (κ1) is 14.0. The van der Waals surface area contributed by atoms with Gasteiger partial charge in [0.2, 0.25) is 0 Å². The Balaban J connectivity index is 2.00. The zero-order chi connectivity index (χ0) is 13.7. The van der Waals surface area contributed by atoms with Gasteiger partial charge in [0.05, 0.1) is 0 Å². The van der Waals surface area contributed by atoms with Crippen molar-refractivity contribution in [2.75, 3.05) is 18.1 Å². The Bertz CT molecular complexity index is 562. The van der Waals surface area contributed by atoms with Crippen molar-refractivity contribution in [3.8, 4) is 0 Å². The zero-order valence-electron chi connectivity index (χ0n) is 11.4. The molecule has 0 aliphatic carbocycles. The molecule has 0 fully saturated rings. The number of aromatic nitrogens is 1. The van der Waals surface area contributed by atoms with Crippen LogP contribution in [-0.2, 0) is 16.1 Å². The number of nitrogens with zero attached hydrogens (tertiary/aromatic N) is 1. The normalized spacial score (nSPS) is 10.8. The molecule has 0 atom stereocenters. The van der Waals surface area contributed by atoms with Crippen LogP contribution in [0, 0.1) is 6.92 Å². The van der Waals surface area contributed by atoms with Gasteiger partial charge < -0.3 is 9.30 Å². The van der Waals surface area contributed by atoms with Crippen molar-refractivity contribution in [3.63, 3.8) is 0 Å². The van der Waals surface area contributed by atoms with Gasteiger partial charge in [-0.05, 0) is 30.2 Å². The molecule has 0 aliphatic rings. The molecule has 0 unspecified atom stereocenters. The van der Waals surface area contributed by atoms with E-state index in [2.05, 4.69) is 19.1 Å². The molecule has 102 valence electrons. The van der Waals surface area contributed by atoms with Gasteiger partial charge in [-0.3, -0.25) is 4.79 Å². The number of carbonyl (C=O) groups excluding carboxylic acids is 1. The number of hydrogen-bond donors (Lipinski definition) is 0. The first-order chi connectivity index (χ1) is 9.22. The van der Waals surface area contributed by atoms with Crippen LogP contribution in [0.5, 0.6) is 0 Å². The number of ether oxygens (including phenoxy) is 1. The molecule has 0 saturated heterocycles. The summed E-state index contributed by atoms with van der Waals surface area (Å²) in [5.41, 5.74) is 2.17. The summed E-state index contributed by atoms with van der Waals surface area (Å²) in [5.74, 6) is 1.76. The topological polar surface area (TPSA) is 31.2 Å². The highest BCUT2D eigenvalue weighted by Crippen LogP contribution is 2.19. The largest absolute Gasteiger partial charge is 0.463 e. The van der Waals surface area contributed by atoms with Crippen LogP contribution >= 0.6 is 11.8 Å². The van der Waals surface area contributed by atoms with Gasteiger partial charge in [-0.15, -0.1) is 0 Å². The Kier molecular flexibility index (Phi) is 4.91. The predicted octanol–water partition coefficient (Wildman–Crippen LogP) is 3.25. The molecule has 2 rings (SSSR count). The van der Waals surface area contributed by atoms with E-state index < -0.39 is 0 Å². The maximum absolute atomic E-state index is 11.8. The summed E-state index contributed by atoms with van der Waals surface area (Å²) in [4.78, 5) is 11.8. The molecule has 0 amide bonds. The second-order valence-electron chi connectivity index (χ2n) is 4.35. The smallest absolute Gasteiger partial charge is 0.325 e. The van der Waals surface area contributed by atoms with Crippen LogP contribution in [0.25, 0.3) is 10.9 Å². The molecule has 0 spiro atoms. The molecule has 1 aromatic heterocycles. The molecule has 0 N–H and O–H groups in total. The van der Waals surface area contributed by atoms with E-state index in [0.717, 1.165) is 28.1 Å². The Morgan fingerprint density at radius 2 is 2.16 bits per heavy atom. The van der Waals surface area contributed by atoms with Gasteiger partial charge in [0.15, 0.2) is 0 Å². The summed E-state index contributed by atoms with van der Waals surface area (Å²) >= 11 is 1.78. The molecule has 0 saturated carbocycles. The molecule has 19 heavy (non-hydrogen) atoms. The van der Waals surface area contributed by atoms with Crippen molar-refractivity contribution >= 4 is 28.6 Å². The highest BCUT2D eigenvalue weighted by molar-refractivity contribution is 7.99. The number of carbonyl (C=O) groups is 1. The quantitative estimate of drug-likeness (QED) is 0.600. The molecule has 2 aromatic rings. The monoisotopic (exact) mass is 277 g/mol. The highest BCUT2D eigenvalue weighted by Gasteiger charge is 2.10. The zero-order valence-corrected chi connectivity index (χ0v) is 12.2. The molecule has 0 radical (unpaired) electrons. The maximum atomic E-state index is 11.8. The molecular weight excluding hydrogens is 258 g/mol. The summed E-state index contributed by atoms with van der Waals surface area (Å²) in [6.45, 7) is 4.90. The summed E-state index contributed by atoms with van der Waals surface area (Å²) in [7, 11) is 0. The van der Waals surface area contributed by atoms with Crippen molar-refractivity contribution in [1.82, 2.24) is 4.57 Å². The third-order valence-electron chi connectivity index (χ3n) is 3.00. The van der Waals surface area contributed by atoms with Crippen molar-refractivity contribution in [3.05, 3.63) is 36.0 Å². The van der Waals surface area contributed by atoms with E-state index in [1.807, 2.05) is 29.7 Å².